The third kappa shape index (κ3) is 1.45. The number of nitrogens with one attached hydrogen (secondary N) is 1. The van der Waals surface area contributed by atoms with Crippen molar-refractivity contribution in [3.63, 3.8) is 0 Å². The summed E-state index contributed by atoms with van der Waals surface area (Å²) in [6.45, 7) is 0. The minimum Gasteiger partial charge on any atom is -0.370 e. The molecule has 1 aromatic rings. The molecule has 0 bridgehead atoms. The fourth-order valence-electron chi connectivity index (χ4n) is 1.25. The molecule has 1 heterocycles. The van der Waals surface area contributed by atoms with E-state index in [0.717, 1.165) is 0 Å². The van der Waals surface area contributed by atoms with E-state index in [2.05, 4.69) is 4.18 Å². The summed E-state index contributed by atoms with van der Waals surface area (Å²) < 4.78 is 41.6. The number of hydrogen-bond donors (Lipinski definition) is 2. The van der Waals surface area contributed by atoms with Crippen LogP contribution in [-0.4, -0.2) is 8.42 Å². The van der Waals surface area contributed by atoms with Crippen molar-refractivity contribution in [2.45, 2.75) is 6.17 Å². The summed E-state index contributed by atoms with van der Waals surface area (Å²) in [6.07, 6.45) is -1.11. The third-order valence-corrected chi connectivity index (χ3v) is 2.74. The lowest BCUT2D eigenvalue weighted by atomic mass is 10.1. The van der Waals surface area contributed by atoms with Crippen LogP contribution in [0.25, 0.3) is 0 Å². The molecule has 1 aliphatic rings. The Kier molecular flexibility index (Phi) is 1.95. The maximum absolute atomic E-state index is 13.2. The predicted octanol–water partition coefficient (Wildman–Crippen LogP) is 0.00980. The van der Waals surface area contributed by atoms with Gasteiger partial charge in [0.05, 0.1) is 5.56 Å². The molecule has 5 nitrogen and oxygen atoms in total. The lowest BCUT2D eigenvalue weighted by Crippen LogP contribution is -2.41. The van der Waals surface area contributed by atoms with Crippen molar-refractivity contribution < 1.29 is 17.0 Å². The molecule has 2 rings (SSSR count). The summed E-state index contributed by atoms with van der Waals surface area (Å²) in [6, 6.07) is 3.88. The van der Waals surface area contributed by atoms with Crippen LogP contribution in [0.3, 0.4) is 0 Å². The molecule has 1 aliphatic heterocycles. The summed E-state index contributed by atoms with van der Waals surface area (Å²) >= 11 is 0. The Morgan fingerprint density at radius 3 is 2.93 bits per heavy atom. The first-order valence-electron chi connectivity index (χ1n) is 3.75. The molecule has 0 saturated heterocycles. The van der Waals surface area contributed by atoms with Gasteiger partial charge in [0.2, 0.25) is 0 Å². The average Bonchev–Trinajstić information content (AvgIpc) is 2.00. The molecule has 1 atom stereocenters. The first-order chi connectivity index (χ1) is 6.49. The van der Waals surface area contributed by atoms with Gasteiger partial charge >= 0.3 is 10.3 Å². The minimum absolute atomic E-state index is 0.0160. The van der Waals surface area contributed by atoms with Crippen LogP contribution in [0.2, 0.25) is 0 Å². The van der Waals surface area contributed by atoms with E-state index in [1.54, 1.807) is 0 Å². The van der Waals surface area contributed by atoms with Crippen LogP contribution in [0.4, 0.5) is 4.39 Å². The second-order valence-corrected chi connectivity index (χ2v) is 4.10. The van der Waals surface area contributed by atoms with E-state index in [1.807, 2.05) is 4.72 Å². The minimum atomic E-state index is -3.90. The summed E-state index contributed by atoms with van der Waals surface area (Å²) in [7, 11) is -3.90. The summed E-state index contributed by atoms with van der Waals surface area (Å²) in [4.78, 5) is 0. The molecular formula is C7H7FN2O3S. The van der Waals surface area contributed by atoms with Gasteiger partial charge in [0.15, 0.2) is 5.75 Å². The molecule has 0 spiro atoms. The maximum Gasteiger partial charge on any atom is 0.384 e. The van der Waals surface area contributed by atoms with Gasteiger partial charge in [0, 0.05) is 0 Å². The van der Waals surface area contributed by atoms with Crippen LogP contribution in [0.1, 0.15) is 11.7 Å². The van der Waals surface area contributed by atoms with Crippen molar-refractivity contribution in [1.29, 1.82) is 0 Å². The number of fused-ring (bicyclic) bond motifs is 1. The molecule has 1 aromatic carbocycles. The van der Waals surface area contributed by atoms with Crippen molar-refractivity contribution >= 4 is 10.3 Å². The highest BCUT2D eigenvalue weighted by molar-refractivity contribution is 7.85. The van der Waals surface area contributed by atoms with Gasteiger partial charge in [-0.3, -0.25) is 0 Å². The Morgan fingerprint density at radius 2 is 2.21 bits per heavy atom. The van der Waals surface area contributed by atoms with Crippen molar-refractivity contribution in [1.82, 2.24) is 4.72 Å². The Labute approximate surface area is 79.9 Å². The summed E-state index contributed by atoms with van der Waals surface area (Å²) in [5, 5.41) is 0. The largest absolute Gasteiger partial charge is 0.384 e. The van der Waals surface area contributed by atoms with Gasteiger partial charge in [-0.1, -0.05) is 6.07 Å². The van der Waals surface area contributed by atoms with E-state index in [-0.39, 0.29) is 11.3 Å². The highest BCUT2D eigenvalue weighted by Gasteiger charge is 2.30. The molecule has 3 N–H and O–H groups in total. The number of rotatable bonds is 0. The van der Waals surface area contributed by atoms with E-state index >= 15 is 0 Å². The molecular weight excluding hydrogens is 211 g/mol. The van der Waals surface area contributed by atoms with Crippen LogP contribution < -0.4 is 14.6 Å². The standard InChI is InChI=1S/C7H7FN2O3S/c8-4-2-1-3-5-6(4)7(9)10-14(11,12)13-5/h1-3,7,10H,9H2. The van der Waals surface area contributed by atoms with Crippen molar-refractivity contribution in [3.8, 4) is 5.75 Å². The Morgan fingerprint density at radius 1 is 1.50 bits per heavy atom. The van der Waals surface area contributed by atoms with Gasteiger partial charge in [-0.15, -0.1) is 0 Å². The molecule has 1 unspecified atom stereocenters. The summed E-state index contributed by atoms with van der Waals surface area (Å²) in [5.41, 5.74) is 5.43. The third-order valence-electron chi connectivity index (χ3n) is 1.79. The lowest BCUT2D eigenvalue weighted by Gasteiger charge is -2.23. The van der Waals surface area contributed by atoms with Crippen LogP contribution in [0.15, 0.2) is 18.2 Å². The van der Waals surface area contributed by atoms with Crippen LogP contribution in [0, 0.1) is 5.82 Å². The Bertz CT molecular complexity index is 474. The Hall–Kier alpha value is -1.18. The monoisotopic (exact) mass is 218 g/mol. The van der Waals surface area contributed by atoms with Crippen LogP contribution in [0.5, 0.6) is 5.75 Å². The van der Waals surface area contributed by atoms with Gasteiger partial charge < -0.3 is 9.92 Å². The molecule has 7 heteroatoms. The maximum atomic E-state index is 13.2. The fraction of sp³-hybridized carbons (Fsp3) is 0.143. The van der Waals surface area contributed by atoms with E-state index < -0.39 is 22.3 Å². The molecule has 0 amide bonds. The van der Waals surface area contributed by atoms with Gasteiger partial charge in [-0.25, -0.2) is 4.39 Å². The van der Waals surface area contributed by atoms with Crippen LogP contribution in [-0.2, 0) is 10.3 Å². The summed E-state index contributed by atoms with van der Waals surface area (Å²) in [5.74, 6) is -0.673. The smallest absolute Gasteiger partial charge is 0.370 e. The fourth-order valence-corrected chi connectivity index (χ4v) is 2.11. The quantitative estimate of drug-likeness (QED) is 0.642. The second-order valence-electron chi connectivity index (χ2n) is 2.78. The Balaban J connectivity index is 2.61. The van der Waals surface area contributed by atoms with Gasteiger partial charge in [-0.05, 0) is 12.1 Å². The van der Waals surface area contributed by atoms with Crippen molar-refractivity contribution in [2.75, 3.05) is 0 Å². The van der Waals surface area contributed by atoms with Gasteiger partial charge in [0.25, 0.3) is 0 Å². The van der Waals surface area contributed by atoms with E-state index in [0.29, 0.717) is 0 Å². The van der Waals surface area contributed by atoms with Crippen molar-refractivity contribution in [3.05, 3.63) is 29.6 Å². The zero-order valence-corrected chi connectivity index (χ0v) is 7.71. The molecule has 0 radical (unpaired) electrons. The topological polar surface area (TPSA) is 81.4 Å². The van der Waals surface area contributed by atoms with Gasteiger partial charge in [-0.2, -0.15) is 13.1 Å². The number of hydrogen-bond acceptors (Lipinski definition) is 4. The molecule has 76 valence electrons. The lowest BCUT2D eigenvalue weighted by molar-refractivity contribution is 0.421. The van der Waals surface area contributed by atoms with E-state index in [9.17, 15) is 12.8 Å². The molecule has 0 aromatic heterocycles. The van der Waals surface area contributed by atoms with Gasteiger partial charge in [0.1, 0.15) is 12.0 Å². The molecule has 14 heavy (non-hydrogen) atoms. The molecule has 0 fully saturated rings. The zero-order valence-electron chi connectivity index (χ0n) is 6.90. The first-order valence-corrected chi connectivity index (χ1v) is 5.16. The number of nitrogens with two attached hydrogens (primary N) is 1. The first kappa shape index (κ1) is 9.38. The molecule has 0 aliphatic carbocycles. The van der Waals surface area contributed by atoms with E-state index in [4.69, 9.17) is 5.73 Å². The number of halogens is 1. The highest BCUT2D eigenvalue weighted by Crippen LogP contribution is 2.30. The predicted molar refractivity (Wildman–Crippen MR) is 46.0 cm³/mol. The van der Waals surface area contributed by atoms with E-state index in [1.165, 1.54) is 18.2 Å². The van der Waals surface area contributed by atoms with Crippen molar-refractivity contribution in [2.24, 2.45) is 5.73 Å². The highest BCUT2D eigenvalue weighted by atomic mass is 32.2. The zero-order chi connectivity index (χ0) is 10.3. The average molecular weight is 218 g/mol. The molecule has 0 saturated carbocycles. The second kappa shape index (κ2) is 2.91. The van der Waals surface area contributed by atoms with Crippen LogP contribution >= 0.6 is 0 Å². The SMILES string of the molecule is NC1NS(=O)(=O)Oc2cccc(F)c21. The normalized spacial score (nSPS) is 23.7. The number of benzene rings is 1.